The number of H-pyrrole nitrogens is 1. The Labute approximate surface area is 104 Å². The fourth-order valence-corrected chi connectivity index (χ4v) is 1.97. The molecule has 1 unspecified atom stereocenters. The molecule has 0 bridgehead atoms. The smallest absolute Gasteiger partial charge is 0.356 e. The summed E-state index contributed by atoms with van der Waals surface area (Å²) >= 11 is 0. The lowest BCUT2D eigenvalue weighted by molar-refractivity contribution is 0.0685. The number of hydrogen-bond acceptors (Lipinski definition) is 3. The largest absolute Gasteiger partial charge is 0.476 e. The van der Waals surface area contributed by atoms with Gasteiger partial charge in [0.2, 0.25) is 0 Å². The van der Waals surface area contributed by atoms with Crippen LogP contribution in [0.1, 0.15) is 39.0 Å². The maximum atomic E-state index is 11.0. The molecule has 0 aliphatic heterocycles. The fourth-order valence-electron chi connectivity index (χ4n) is 1.97. The molecule has 2 rings (SSSR count). The average Bonchev–Trinajstić information content (AvgIpc) is 2.77. The number of aliphatic hydroxyl groups excluding tert-OH is 1. The molecule has 0 spiro atoms. The van der Waals surface area contributed by atoms with Crippen molar-refractivity contribution in [3.05, 3.63) is 52.6 Å². The third kappa shape index (κ3) is 2.12. The van der Waals surface area contributed by atoms with Gasteiger partial charge in [-0.05, 0) is 25.0 Å². The maximum Gasteiger partial charge on any atom is 0.356 e. The van der Waals surface area contributed by atoms with Crippen LogP contribution in [0.3, 0.4) is 0 Å². The second-order valence-corrected chi connectivity index (χ2v) is 4.23. The lowest BCUT2D eigenvalue weighted by Crippen LogP contribution is -2.09. The van der Waals surface area contributed by atoms with E-state index in [1.807, 2.05) is 26.0 Å². The van der Waals surface area contributed by atoms with Crippen LogP contribution in [0.15, 0.2) is 24.5 Å². The van der Waals surface area contributed by atoms with Gasteiger partial charge in [0, 0.05) is 0 Å². The lowest BCUT2D eigenvalue weighted by atomic mass is 9.98. The van der Waals surface area contributed by atoms with Crippen LogP contribution in [0.2, 0.25) is 0 Å². The van der Waals surface area contributed by atoms with E-state index < -0.39 is 12.1 Å². The molecule has 5 heteroatoms. The molecule has 1 aromatic heterocycles. The molecular weight excluding hydrogens is 232 g/mol. The number of carboxylic acids is 1. The van der Waals surface area contributed by atoms with Crippen molar-refractivity contribution >= 4 is 5.97 Å². The molecule has 1 atom stereocenters. The number of benzene rings is 1. The van der Waals surface area contributed by atoms with E-state index in [1.54, 1.807) is 6.07 Å². The van der Waals surface area contributed by atoms with E-state index in [4.69, 9.17) is 5.11 Å². The van der Waals surface area contributed by atoms with Crippen molar-refractivity contribution in [2.24, 2.45) is 0 Å². The minimum atomic E-state index is -1.16. The summed E-state index contributed by atoms with van der Waals surface area (Å²) < 4.78 is 0. The van der Waals surface area contributed by atoms with E-state index in [1.165, 1.54) is 6.33 Å². The van der Waals surface area contributed by atoms with Gasteiger partial charge in [-0.15, -0.1) is 0 Å². The van der Waals surface area contributed by atoms with E-state index >= 15 is 0 Å². The molecule has 0 saturated heterocycles. The Morgan fingerprint density at radius 3 is 2.72 bits per heavy atom. The van der Waals surface area contributed by atoms with Crippen LogP contribution in [0, 0.1) is 13.8 Å². The fraction of sp³-hybridized carbons (Fsp3) is 0.231. The summed E-state index contributed by atoms with van der Waals surface area (Å²) in [6.07, 6.45) is 0.255. The Balaban J connectivity index is 2.44. The topological polar surface area (TPSA) is 86.2 Å². The van der Waals surface area contributed by atoms with Gasteiger partial charge in [-0.25, -0.2) is 9.78 Å². The summed E-state index contributed by atoms with van der Waals surface area (Å²) in [5.74, 6) is -1.16. The third-order valence-corrected chi connectivity index (χ3v) is 2.86. The van der Waals surface area contributed by atoms with Crippen LogP contribution in [0.25, 0.3) is 0 Å². The Kier molecular flexibility index (Phi) is 3.16. The second-order valence-electron chi connectivity index (χ2n) is 4.23. The van der Waals surface area contributed by atoms with Crippen molar-refractivity contribution in [1.82, 2.24) is 9.97 Å². The second kappa shape index (κ2) is 4.62. The SMILES string of the molecule is Cc1ccc(C(O)c2[nH]cnc2C(=O)O)c(C)c1. The summed E-state index contributed by atoms with van der Waals surface area (Å²) in [4.78, 5) is 17.3. The van der Waals surface area contributed by atoms with Crippen LogP contribution in [-0.2, 0) is 0 Å². The molecule has 0 aliphatic carbocycles. The zero-order valence-electron chi connectivity index (χ0n) is 10.1. The quantitative estimate of drug-likeness (QED) is 0.770. The standard InChI is InChI=1S/C13H14N2O3/c1-7-3-4-9(8(2)5-7)12(16)10-11(13(17)18)15-6-14-10/h3-6,12,16H,1-2H3,(H,14,15)(H,17,18). The molecule has 94 valence electrons. The van der Waals surface area contributed by atoms with Gasteiger partial charge >= 0.3 is 5.97 Å². The number of aliphatic hydroxyl groups is 1. The van der Waals surface area contributed by atoms with Gasteiger partial charge in [0.15, 0.2) is 5.69 Å². The van der Waals surface area contributed by atoms with Gasteiger partial charge in [-0.2, -0.15) is 0 Å². The van der Waals surface area contributed by atoms with Gasteiger partial charge < -0.3 is 15.2 Å². The molecule has 1 aromatic carbocycles. The number of aromatic carboxylic acids is 1. The summed E-state index contributed by atoms with van der Waals surface area (Å²) in [5.41, 5.74) is 2.73. The van der Waals surface area contributed by atoms with Gasteiger partial charge in [0.1, 0.15) is 6.10 Å². The average molecular weight is 246 g/mol. The number of hydrogen-bond donors (Lipinski definition) is 3. The molecular formula is C13H14N2O3. The summed E-state index contributed by atoms with van der Waals surface area (Å²) in [7, 11) is 0. The van der Waals surface area contributed by atoms with Crippen LogP contribution < -0.4 is 0 Å². The zero-order valence-corrected chi connectivity index (χ0v) is 10.1. The first kappa shape index (κ1) is 12.3. The first-order chi connectivity index (χ1) is 8.50. The van der Waals surface area contributed by atoms with E-state index in [-0.39, 0.29) is 11.4 Å². The highest BCUT2D eigenvalue weighted by molar-refractivity contribution is 5.86. The number of aromatic amines is 1. The number of nitrogens with one attached hydrogen (secondary N) is 1. The van der Waals surface area contributed by atoms with Gasteiger partial charge in [0.25, 0.3) is 0 Å². The summed E-state index contributed by atoms with van der Waals surface area (Å²) in [5, 5.41) is 19.2. The van der Waals surface area contributed by atoms with Gasteiger partial charge in [-0.1, -0.05) is 23.8 Å². The minimum Gasteiger partial charge on any atom is -0.476 e. The summed E-state index contributed by atoms with van der Waals surface area (Å²) in [6.45, 7) is 3.84. The number of aromatic nitrogens is 2. The predicted octanol–water partition coefficient (Wildman–Crippen LogP) is 1.81. The van der Waals surface area contributed by atoms with Crippen LogP contribution in [-0.4, -0.2) is 26.2 Å². The Morgan fingerprint density at radius 1 is 1.39 bits per heavy atom. The zero-order chi connectivity index (χ0) is 13.3. The molecule has 5 nitrogen and oxygen atoms in total. The number of carboxylic acid groups (broad SMARTS) is 1. The number of rotatable bonds is 3. The molecule has 0 aliphatic rings. The van der Waals surface area contributed by atoms with Crippen molar-refractivity contribution in [2.75, 3.05) is 0 Å². The molecule has 0 radical (unpaired) electrons. The summed E-state index contributed by atoms with van der Waals surface area (Å²) in [6, 6.07) is 5.61. The van der Waals surface area contributed by atoms with Crippen LogP contribution in [0.5, 0.6) is 0 Å². The van der Waals surface area contributed by atoms with Gasteiger partial charge in [0.05, 0.1) is 12.0 Å². The first-order valence-corrected chi connectivity index (χ1v) is 5.52. The maximum absolute atomic E-state index is 11.0. The lowest BCUT2D eigenvalue weighted by Gasteiger charge is -2.13. The molecule has 0 amide bonds. The Bertz CT molecular complexity index is 590. The van der Waals surface area contributed by atoms with Crippen molar-refractivity contribution in [3.8, 4) is 0 Å². The highest BCUT2D eigenvalue weighted by atomic mass is 16.4. The number of nitrogens with zero attached hydrogens (tertiary/aromatic N) is 1. The third-order valence-electron chi connectivity index (χ3n) is 2.86. The molecule has 1 heterocycles. The monoisotopic (exact) mass is 246 g/mol. The Hall–Kier alpha value is -2.14. The van der Waals surface area contributed by atoms with E-state index in [9.17, 15) is 9.90 Å². The molecule has 2 aromatic rings. The number of carbonyl (C=O) groups is 1. The minimum absolute atomic E-state index is 0.150. The van der Waals surface area contributed by atoms with E-state index in [0.29, 0.717) is 5.56 Å². The van der Waals surface area contributed by atoms with Crippen molar-refractivity contribution in [2.45, 2.75) is 20.0 Å². The normalized spacial score (nSPS) is 12.4. The van der Waals surface area contributed by atoms with Crippen LogP contribution >= 0.6 is 0 Å². The molecule has 3 N–H and O–H groups in total. The molecule has 0 fully saturated rings. The van der Waals surface area contributed by atoms with Crippen molar-refractivity contribution in [3.63, 3.8) is 0 Å². The number of aryl methyl sites for hydroxylation is 2. The first-order valence-electron chi connectivity index (χ1n) is 5.52. The predicted molar refractivity (Wildman–Crippen MR) is 65.5 cm³/mol. The highest BCUT2D eigenvalue weighted by Gasteiger charge is 2.22. The van der Waals surface area contributed by atoms with E-state index in [0.717, 1.165) is 11.1 Å². The molecule has 0 saturated carbocycles. The molecule has 18 heavy (non-hydrogen) atoms. The Morgan fingerprint density at radius 2 is 2.11 bits per heavy atom. The van der Waals surface area contributed by atoms with Gasteiger partial charge in [-0.3, -0.25) is 0 Å². The highest BCUT2D eigenvalue weighted by Crippen LogP contribution is 2.25. The van der Waals surface area contributed by atoms with Crippen molar-refractivity contribution < 1.29 is 15.0 Å². The van der Waals surface area contributed by atoms with Crippen LogP contribution in [0.4, 0.5) is 0 Å². The van der Waals surface area contributed by atoms with E-state index in [2.05, 4.69) is 9.97 Å². The van der Waals surface area contributed by atoms with Crippen molar-refractivity contribution in [1.29, 1.82) is 0 Å². The number of imidazole rings is 1.